The SMILES string of the molecule is CCN(CC)CCOc1cc(NC(=O)c2cc([N+](=O)[O-])ccc2N2CCOCC2)ccc1OC. The number of nitro benzene ring substituents is 1. The molecule has 1 heterocycles. The summed E-state index contributed by atoms with van der Waals surface area (Å²) < 4.78 is 16.7. The number of nitro groups is 1. The maximum atomic E-state index is 13.2. The number of morpholine rings is 1. The number of hydrogen-bond donors (Lipinski definition) is 1. The van der Waals surface area contributed by atoms with Gasteiger partial charge >= 0.3 is 0 Å². The van der Waals surface area contributed by atoms with Crippen LogP contribution >= 0.6 is 0 Å². The van der Waals surface area contributed by atoms with Crippen LogP contribution in [0.5, 0.6) is 11.5 Å². The third-order valence-electron chi connectivity index (χ3n) is 5.77. The molecule has 0 aromatic heterocycles. The van der Waals surface area contributed by atoms with E-state index in [4.69, 9.17) is 14.2 Å². The van der Waals surface area contributed by atoms with Crippen LogP contribution in [0.1, 0.15) is 24.2 Å². The fraction of sp³-hybridized carbons (Fsp3) is 0.458. The van der Waals surface area contributed by atoms with Crippen LogP contribution in [0.25, 0.3) is 0 Å². The van der Waals surface area contributed by atoms with Crippen molar-refractivity contribution in [2.24, 2.45) is 0 Å². The number of rotatable bonds is 11. The molecule has 0 saturated carbocycles. The number of nitrogens with one attached hydrogen (secondary N) is 1. The van der Waals surface area contributed by atoms with Crippen LogP contribution in [0, 0.1) is 10.1 Å². The number of non-ortho nitro benzene ring substituents is 1. The molecule has 2 aromatic rings. The highest BCUT2D eigenvalue weighted by atomic mass is 16.6. The maximum absolute atomic E-state index is 13.2. The molecule has 1 saturated heterocycles. The molecule has 0 atom stereocenters. The Balaban J connectivity index is 1.81. The van der Waals surface area contributed by atoms with Gasteiger partial charge in [0.15, 0.2) is 11.5 Å². The Morgan fingerprint density at radius 3 is 2.53 bits per heavy atom. The number of carbonyl (C=O) groups excluding carboxylic acids is 1. The molecule has 3 rings (SSSR count). The molecule has 0 spiro atoms. The largest absolute Gasteiger partial charge is 0.493 e. The third-order valence-corrected chi connectivity index (χ3v) is 5.77. The molecule has 10 nitrogen and oxygen atoms in total. The van der Waals surface area contributed by atoms with Crippen molar-refractivity contribution in [3.05, 3.63) is 52.1 Å². The van der Waals surface area contributed by atoms with Crippen LogP contribution in [0.3, 0.4) is 0 Å². The molecule has 184 valence electrons. The molecular weight excluding hydrogens is 440 g/mol. The van der Waals surface area contributed by atoms with Gasteiger partial charge in [0.2, 0.25) is 0 Å². The standard InChI is InChI=1S/C24H32N4O6/c1-4-26(5-2)10-15-34-23-16-18(6-9-22(23)32-3)25-24(29)20-17-19(28(30)31)7-8-21(20)27-11-13-33-14-12-27/h6-9,16-17H,4-5,10-15H2,1-3H3,(H,25,29). The summed E-state index contributed by atoms with van der Waals surface area (Å²) in [6, 6.07) is 9.47. The van der Waals surface area contributed by atoms with E-state index >= 15 is 0 Å². The normalized spacial score (nSPS) is 13.6. The fourth-order valence-electron chi connectivity index (χ4n) is 3.79. The molecule has 1 amide bonds. The highest BCUT2D eigenvalue weighted by molar-refractivity contribution is 6.08. The second kappa shape index (κ2) is 12.2. The van der Waals surface area contributed by atoms with Gasteiger partial charge in [0.25, 0.3) is 11.6 Å². The summed E-state index contributed by atoms with van der Waals surface area (Å²) in [5.74, 6) is 0.631. The van der Waals surface area contributed by atoms with Gasteiger partial charge in [0.1, 0.15) is 6.61 Å². The lowest BCUT2D eigenvalue weighted by Gasteiger charge is -2.30. The zero-order chi connectivity index (χ0) is 24.5. The maximum Gasteiger partial charge on any atom is 0.270 e. The Labute approximate surface area is 199 Å². The number of likely N-dealkylation sites (N-methyl/N-ethyl adjacent to an activating group) is 1. The third kappa shape index (κ3) is 6.36. The first-order chi connectivity index (χ1) is 16.5. The molecule has 34 heavy (non-hydrogen) atoms. The van der Waals surface area contributed by atoms with E-state index in [0.717, 1.165) is 19.6 Å². The van der Waals surface area contributed by atoms with Crippen LogP contribution in [0.4, 0.5) is 17.1 Å². The number of anilines is 2. The van der Waals surface area contributed by atoms with Crippen LogP contribution < -0.4 is 19.7 Å². The molecule has 10 heteroatoms. The first kappa shape index (κ1) is 25.3. The van der Waals surface area contributed by atoms with E-state index in [9.17, 15) is 14.9 Å². The lowest BCUT2D eigenvalue weighted by molar-refractivity contribution is -0.384. The van der Waals surface area contributed by atoms with Crippen molar-refractivity contribution >= 4 is 23.0 Å². The van der Waals surface area contributed by atoms with Gasteiger partial charge in [-0.1, -0.05) is 13.8 Å². The molecule has 1 aliphatic heterocycles. The Morgan fingerprint density at radius 2 is 1.88 bits per heavy atom. The minimum atomic E-state index is -0.505. The highest BCUT2D eigenvalue weighted by Gasteiger charge is 2.22. The molecule has 2 aromatic carbocycles. The van der Waals surface area contributed by atoms with Crippen molar-refractivity contribution in [3.8, 4) is 11.5 Å². The summed E-state index contributed by atoms with van der Waals surface area (Å²) in [6.07, 6.45) is 0. The first-order valence-electron chi connectivity index (χ1n) is 11.4. The van der Waals surface area contributed by atoms with Crippen LogP contribution in [-0.2, 0) is 4.74 Å². The fourth-order valence-corrected chi connectivity index (χ4v) is 3.79. The number of ether oxygens (including phenoxy) is 3. The van der Waals surface area contributed by atoms with Gasteiger partial charge in [-0.3, -0.25) is 14.9 Å². The minimum Gasteiger partial charge on any atom is -0.493 e. The molecule has 0 aliphatic carbocycles. The Kier molecular flexibility index (Phi) is 9.06. The minimum absolute atomic E-state index is 0.141. The van der Waals surface area contributed by atoms with Gasteiger partial charge in [0.05, 0.1) is 36.5 Å². The smallest absolute Gasteiger partial charge is 0.270 e. The monoisotopic (exact) mass is 472 g/mol. The van der Waals surface area contributed by atoms with Crippen LogP contribution in [-0.4, -0.2) is 75.4 Å². The van der Waals surface area contributed by atoms with E-state index in [-0.39, 0.29) is 11.3 Å². The van der Waals surface area contributed by atoms with Crippen LogP contribution in [0.2, 0.25) is 0 Å². The first-order valence-corrected chi connectivity index (χ1v) is 11.4. The summed E-state index contributed by atoms with van der Waals surface area (Å²) in [7, 11) is 1.56. The number of nitrogens with zero attached hydrogens (tertiary/aromatic N) is 3. The Morgan fingerprint density at radius 1 is 1.15 bits per heavy atom. The lowest BCUT2D eigenvalue weighted by atomic mass is 10.1. The summed E-state index contributed by atoms with van der Waals surface area (Å²) in [4.78, 5) is 28.3. The quantitative estimate of drug-likeness (QED) is 0.392. The van der Waals surface area contributed by atoms with Crippen molar-refractivity contribution in [1.82, 2.24) is 4.90 Å². The average molecular weight is 473 g/mol. The molecule has 0 bridgehead atoms. The molecule has 1 N–H and O–H groups in total. The molecule has 1 fully saturated rings. The number of amides is 1. The van der Waals surface area contributed by atoms with Gasteiger partial charge in [-0.25, -0.2) is 0 Å². The topological polar surface area (TPSA) is 106 Å². The predicted molar refractivity (Wildman–Crippen MR) is 130 cm³/mol. The van der Waals surface area contributed by atoms with Crippen molar-refractivity contribution in [1.29, 1.82) is 0 Å². The number of methoxy groups -OCH3 is 1. The number of hydrogen-bond acceptors (Lipinski definition) is 8. The zero-order valence-electron chi connectivity index (χ0n) is 19.9. The van der Waals surface area contributed by atoms with Gasteiger partial charge in [-0.2, -0.15) is 0 Å². The van der Waals surface area contributed by atoms with Crippen molar-refractivity contribution < 1.29 is 23.9 Å². The van der Waals surface area contributed by atoms with E-state index in [1.54, 1.807) is 31.4 Å². The van der Waals surface area contributed by atoms with Gasteiger partial charge in [-0.15, -0.1) is 0 Å². The second-order valence-corrected chi connectivity index (χ2v) is 7.75. The Bertz CT molecular complexity index is 989. The lowest BCUT2D eigenvalue weighted by Crippen LogP contribution is -2.37. The van der Waals surface area contributed by atoms with Crippen LogP contribution in [0.15, 0.2) is 36.4 Å². The van der Waals surface area contributed by atoms with E-state index < -0.39 is 10.8 Å². The Hall–Kier alpha value is -3.37. The number of carbonyl (C=O) groups is 1. The molecule has 0 radical (unpaired) electrons. The van der Waals surface area contributed by atoms with Crippen molar-refractivity contribution in [2.45, 2.75) is 13.8 Å². The number of benzene rings is 2. The van der Waals surface area contributed by atoms with E-state index in [1.165, 1.54) is 12.1 Å². The van der Waals surface area contributed by atoms with Gasteiger partial charge < -0.3 is 29.3 Å². The average Bonchev–Trinajstić information content (AvgIpc) is 2.87. The highest BCUT2D eigenvalue weighted by Crippen LogP contribution is 2.32. The van der Waals surface area contributed by atoms with Gasteiger partial charge in [0, 0.05) is 43.5 Å². The van der Waals surface area contributed by atoms with Crippen molar-refractivity contribution in [3.63, 3.8) is 0 Å². The summed E-state index contributed by atoms with van der Waals surface area (Å²) >= 11 is 0. The summed E-state index contributed by atoms with van der Waals surface area (Å²) in [5.41, 5.74) is 1.23. The second-order valence-electron chi connectivity index (χ2n) is 7.75. The summed E-state index contributed by atoms with van der Waals surface area (Å²) in [5, 5.41) is 14.2. The summed E-state index contributed by atoms with van der Waals surface area (Å²) in [6.45, 7) is 9.57. The zero-order valence-corrected chi connectivity index (χ0v) is 19.9. The molecular formula is C24H32N4O6. The van der Waals surface area contributed by atoms with E-state index in [0.29, 0.717) is 55.8 Å². The predicted octanol–water partition coefficient (Wildman–Crippen LogP) is 3.41. The molecule has 1 aliphatic rings. The molecule has 0 unspecified atom stereocenters. The van der Waals surface area contributed by atoms with E-state index in [2.05, 4.69) is 24.1 Å². The van der Waals surface area contributed by atoms with E-state index in [1.807, 2.05) is 4.90 Å². The van der Waals surface area contributed by atoms with Crippen molar-refractivity contribution in [2.75, 3.05) is 69.9 Å². The van der Waals surface area contributed by atoms with Gasteiger partial charge in [-0.05, 0) is 31.3 Å².